The van der Waals surface area contributed by atoms with Crippen molar-refractivity contribution in [1.29, 1.82) is 0 Å². The first-order chi connectivity index (χ1) is 8.99. The van der Waals surface area contributed by atoms with E-state index in [0.29, 0.717) is 17.8 Å². The van der Waals surface area contributed by atoms with Crippen LogP contribution in [-0.2, 0) is 23.9 Å². The van der Waals surface area contributed by atoms with Crippen molar-refractivity contribution in [3.05, 3.63) is 47.5 Å². The summed E-state index contributed by atoms with van der Waals surface area (Å²) in [5.74, 6) is 0. The van der Waals surface area contributed by atoms with Gasteiger partial charge in [-0.15, -0.1) is 0 Å². The Hall–Kier alpha value is -2.18. The molecule has 7 heteroatoms. The molecule has 0 aromatic carbocycles. The standard InChI is InChI=1S/C12H10F3N3O/c13-12(14,15)11-2-1-9(7-16-11)8-18-5-3-10(17-18)4-6-19/h1-3,5-7H,4,8H2. The number of hydrogen-bond donors (Lipinski definition) is 0. The number of carbonyl (C=O) groups is 1. The van der Waals surface area contributed by atoms with Crippen LogP contribution in [0.4, 0.5) is 13.2 Å². The van der Waals surface area contributed by atoms with Crippen LogP contribution < -0.4 is 0 Å². The van der Waals surface area contributed by atoms with Gasteiger partial charge in [-0.05, 0) is 17.7 Å². The monoisotopic (exact) mass is 269 g/mol. The second kappa shape index (κ2) is 5.21. The lowest BCUT2D eigenvalue weighted by Crippen LogP contribution is -2.08. The van der Waals surface area contributed by atoms with E-state index < -0.39 is 11.9 Å². The molecule has 0 bridgehead atoms. The molecule has 0 amide bonds. The molecule has 2 rings (SSSR count). The molecule has 2 heterocycles. The highest BCUT2D eigenvalue weighted by atomic mass is 19.4. The molecule has 0 fully saturated rings. The maximum atomic E-state index is 12.3. The molecule has 2 aromatic heterocycles. The average Bonchev–Trinajstić information content (AvgIpc) is 2.77. The zero-order chi connectivity index (χ0) is 13.9. The van der Waals surface area contributed by atoms with Gasteiger partial charge in [0.05, 0.1) is 12.2 Å². The Labute approximate surface area is 106 Å². The topological polar surface area (TPSA) is 47.8 Å². The summed E-state index contributed by atoms with van der Waals surface area (Å²) < 4.78 is 38.5. The van der Waals surface area contributed by atoms with Gasteiger partial charge in [0.2, 0.25) is 0 Å². The fraction of sp³-hybridized carbons (Fsp3) is 0.250. The van der Waals surface area contributed by atoms with E-state index in [9.17, 15) is 18.0 Å². The van der Waals surface area contributed by atoms with Gasteiger partial charge in [0, 0.05) is 18.8 Å². The highest BCUT2D eigenvalue weighted by molar-refractivity contribution is 5.53. The molecular weight excluding hydrogens is 259 g/mol. The molecule has 0 aliphatic carbocycles. The number of aromatic nitrogens is 3. The average molecular weight is 269 g/mol. The van der Waals surface area contributed by atoms with E-state index >= 15 is 0 Å². The highest BCUT2D eigenvalue weighted by Gasteiger charge is 2.31. The zero-order valence-corrected chi connectivity index (χ0v) is 9.76. The van der Waals surface area contributed by atoms with Gasteiger partial charge in [0.25, 0.3) is 0 Å². The third-order valence-electron chi connectivity index (χ3n) is 2.45. The quantitative estimate of drug-likeness (QED) is 0.798. The first-order valence-electron chi connectivity index (χ1n) is 5.47. The molecule has 100 valence electrons. The Balaban J connectivity index is 2.08. The minimum absolute atomic E-state index is 0.220. The zero-order valence-electron chi connectivity index (χ0n) is 9.76. The molecule has 0 spiro atoms. The maximum absolute atomic E-state index is 12.3. The van der Waals surface area contributed by atoms with Crippen molar-refractivity contribution in [2.45, 2.75) is 19.1 Å². The number of aldehydes is 1. The lowest BCUT2D eigenvalue weighted by atomic mass is 10.2. The van der Waals surface area contributed by atoms with Gasteiger partial charge in [-0.1, -0.05) is 6.07 Å². The third-order valence-corrected chi connectivity index (χ3v) is 2.45. The summed E-state index contributed by atoms with van der Waals surface area (Å²) in [4.78, 5) is 13.7. The second-order valence-corrected chi connectivity index (χ2v) is 3.92. The summed E-state index contributed by atoms with van der Waals surface area (Å²) in [5.41, 5.74) is 0.307. The van der Waals surface area contributed by atoms with Gasteiger partial charge < -0.3 is 4.79 Å². The highest BCUT2D eigenvalue weighted by Crippen LogP contribution is 2.27. The maximum Gasteiger partial charge on any atom is 0.433 e. The Morgan fingerprint density at radius 3 is 2.63 bits per heavy atom. The SMILES string of the molecule is O=CCc1ccn(Cc2ccc(C(F)(F)F)nc2)n1. The van der Waals surface area contributed by atoms with Crippen molar-refractivity contribution >= 4 is 6.29 Å². The van der Waals surface area contributed by atoms with Crippen LogP contribution in [0.25, 0.3) is 0 Å². The van der Waals surface area contributed by atoms with Gasteiger partial charge in [0.1, 0.15) is 12.0 Å². The van der Waals surface area contributed by atoms with Crippen LogP contribution in [0, 0.1) is 0 Å². The summed E-state index contributed by atoms with van der Waals surface area (Å²) in [6.45, 7) is 0.310. The Kier molecular flexibility index (Phi) is 3.64. The minimum atomic E-state index is -4.43. The number of nitrogens with zero attached hydrogens (tertiary/aromatic N) is 3. The van der Waals surface area contributed by atoms with E-state index in [0.717, 1.165) is 12.4 Å². The lowest BCUT2D eigenvalue weighted by molar-refractivity contribution is -0.141. The Morgan fingerprint density at radius 2 is 2.05 bits per heavy atom. The normalized spacial score (nSPS) is 11.5. The van der Waals surface area contributed by atoms with Gasteiger partial charge >= 0.3 is 6.18 Å². The number of carbonyl (C=O) groups excluding carboxylic acids is 1. The summed E-state index contributed by atoms with van der Waals surface area (Å²) in [7, 11) is 0. The van der Waals surface area contributed by atoms with Crippen molar-refractivity contribution in [1.82, 2.24) is 14.8 Å². The summed E-state index contributed by atoms with van der Waals surface area (Å²) in [6.07, 6.45) is -0.633. The molecule has 0 aliphatic heterocycles. The van der Waals surface area contributed by atoms with Gasteiger partial charge in [-0.2, -0.15) is 18.3 Å². The van der Waals surface area contributed by atoms with Crippen molar-refractivity contribution in [2.75, 3.05) is 0 Å². The van der Waals surface area contributed by atoms with Gasteiger partial charge in [-0.25, -0.2) is 0 Å². The largest absolute Gasteiger partial charge is 0.433 e. The van der Waals surface area contributed by atoms with E-state index in [1.165, 1.54) is 12.3 Å². The molecule has 4 nitrogen and oxygen atoms in total. The smallest absolute Gasteiger partial charge is 0.303 e. The first-order valence-corrected chi connectivity index (χ1v) is 5.47. The van der Waals surface area contributed by atoms with Crippen LogP contribution in [0.5, 0.6) is 0 Å². The van der Waals surface area contributed by atoms with Crippen LogP contribution in [0.2, 0.25) is 0 Å². The van der Waals surface area contributed by atoms with Crippen LogP contribution >= 0.6 is 0 Å². The molecule has 0 radical (unpaired) electrons. The molecular formula is C12H10F3N3O. The first kappa shape index (κ1) is 13.3. The van der Waals surface area contributed by atoms with Gasteiger partial charge in [0.15, 0.2) is 0 Å². The fourth-order valence-corrected chi connectivity index (χ4v) is 1.56. The molecule has 0 unspecified atom stereocenters. The third kappa shape index (κ3) is 3.40. The number of rotatable bonds is 4. The van der Waals surface area contributed by atoms with E-state index in [-0.39, 0.29) is 6.42 Å². The number of alkyl halides is 3. The van der Waals surface area contributed by atoms with Crippen molar-refractivity contribution < 1.29 is 18.0 Å². The van der Waals surface area contributed by atoms with Gasteiger partial charge in [-0.3, -0.25) is 9.67 Å². The second-order valence-electron chi connectivity index (χ2n) is 3.92. The number of halogens is 3. The predicted molar refractivity (Wildman–Crippen MR) is 60.3 cm³/mol. The van der Waals surface area contributed by atoms with E-state index in [1.54, 1.807) is 16.9 Å². The minimum Gasteiger partial charge on any atom is -0.303 e. The Morgan fingerprint density at radius 1 is 1.26 bits per heavy atom. The molecule has 19 heavy (non-hydrogen) atoms. The van der Waals surface area contributed by atoms with Crippen molar-refractivity contribution in [2.24, 2.45) is 0 Å². The molecule has 0 N–H and O–H groups in total. The molecule has 0 saturated carbocycles. The van der Waals surface area contributed by atoms with Crippen molar-refractivity contribution in [3.63, 3.8) is 0 Å². The molecule has 2 aromatic rings. The fourth-order valence-electron chi connectivity index (χ4n) is 1.56. The molecule has 0 aliphatic rings. The van der Waals surface area contributed by atoms with E-state index in [4.69, 9.17) is 0 Å². The predicted octanol–water partition coefficient (Wildman–Crippen LogP) is 2.09. The van der Waals surface area contributed by atoms with E-state index in [1.807, 2.05) is 0 Å². The Bertz CT molecular complexity index is 560. The van der Waals surface area contributed by atoms with Crippen LogP contribution in [-0.4, -0.2) is 21.1 Å². The summed E-state index contributed by atoms with van der Waals surface area (Å²) in [5, 5.41) is 4.10. The van der Waals surface area contributed by atoms with Crippen LogP contribution in [0.1, 0.15) is 17.0 Å². The van der Waals surface area contributed by atoms with E-state index in [2.05, 4.69) is 10.1 Å². The lowest BCUT2D eigenvalue weighted by Gasteiger charge is -2.06. The van der Waals surface area contributed by atoms with Crippen LogP contribution in [0.3, 0.4) is 0 Å². The number of hydrogen-bond acceptors (Lipinski definition) is 3. The number of pyridine rings is 1. The summed E-state index contributed by atoms with van der Waals surface area (Å²) in [6, 6.07) is 3.98. The molecule has 0 saturated heterocycles. The molecule has 0 atom stereocenters. The van der Waals surface area contributed by atoms with Crippen molar-refractivity contribution in [3.8, 4) is 0 Å². The summed E-state index contributed by atoms with van der Waals surface area (Å²) >= 11 is 0. The van der Waals surface area contributed by atoms with Crippen LogP contribution in [0.15, 0.2) is 30.6 Å².